The van der Waals surface area contributed by atoms with Crippen molar-refractivity contribution in [1.29, 1.82) is 0 Å². The summed E-state index contributed by atoms with van der Waals surface area (Å²) in [7, 11) is 1.31. The van der Waals surface area contributed by atoms with E-state index in [9.17, 15) is 14.4 Å². The van der Waals surface area contributed by atoms with Crippen LogP contribution in [0.15, 0.2) is 18.2 Å². The summed E-state index contributed by atoms with van der Waals surface area (Å²) in [4.78, 5) is 39.2. The van der Waals surface area contributed by atoms with Crippen LogP contribution in [0.2, 0.25) is 0 Å². The number of rotatable bonds is 4. The second kappa shape index (κ2) is 7.63. The van der Waals surface area contributed by atoms with Gasteiger partial charge in [0, 0.05) is 26.2 Å². The number of anilines is 2. The summed E-state index contributed by atoms with van der Waals surface area (Å²) in [6, 6.07) is 4.77. The number of methoxy groups -OCH3 is 1. The van der Waals surface area contributed by atoms with Crippen LogP contribution in [-0.2, 0) is 9.53 Å². The van der Waals surface area contributed by atoms with Gasteiger partial charge in [0.1, 0.15) is 0 Å². The van der Waals surface area contributed by atoms with E-state index in [1.807, 2.05) is 6.07 Å². The lowest BCUT2D eigenvalue weighted by Gasteiger charge is -2.24. The zero-order valence-electron chi connectivity index (χ0n) is 14.7. The van der Waals surface area contributed by atoms with Crippen molar-refractivity contribution in [2.75, 3.05) is 43.5 Å². The number of likely N-dealkylation sites (tertiary alicyclic amines) is 1. The predicted molar refractivity (Wildman–Crippen MR) is 95.6 cm³/mol. The molecule has 1 atom stereocenters. The molecule has 2 saturated heterocycles. The summed E-state index contributed by atoms with van der Waals surface area (Å²) in [5.41, 5.74) is 1.76. The minimum atomic E-state index is -0.884. The number of ether oxygens (including phenoxy) is 1. The molecule has 0 aromatic heterocycles. The second-order valence-electron chi connectivity index (χ2n) is 6.62. The van der Waals surface area contributed by atoms with Crippen LogP contribution in [0.1, 0.15) is 29.6 Å². The number of hydrogen-bond acceptors (Lipinski definition) is 5. The topological polar surface area (TPSA) is 99.2 Å². The molecule has 8 heteroatoms. The third kappa shape index (κ3) is 3.74. The maximum absolute atomic E-state index is 12.6. The quantitative estimate of drug-likeness (QED) is 0.796. The summed E-state index contributed by atoms with van der Waals surface area (Å²) < 4.78 is 4.76. The molecule has 2 aliphatic rings. The Bertz CT molecular complexity index is 715. The normalized spacial score (nSPS) is 19.5. The van der Waals surface area contributed by atoms with Gasteiger partial charge in [-0.25, -0.2) is 9.59 Å². The smallest absolute Gasteiger partial charge is 0.337 e. The van der Waals surface area contributed by atoms with Gasteiger partial charge in [-0.2, -0.15) is 0 Å². The Balaban J connectivity index is 1.80. The number of hydrogen-bond donors (Lipinski definition) is 2. The van der Waals surface area contributed by atoms with Crippen molar-refractivity contribution in [3.05, 3.63) is 23.8 Å². The molecule has 2 aliphatic heterocycles. The number of nitrogens with zero attached hydrogens (tertiary/aromatic N) is 2. The van der Waals surface area contributed by atoms with Crippen LogP contribution in [0.4, 0.5) is 16.2 Å². The summed E-state index contributed by atoms with van der Waals surface area (Å²) >= 11 is 0. The number of esters is 1. The van der Waals surface area contributed by atoms with Gasteiger partial charge in [-0.05, 0) is 37.5 Å². The molecule has 3 rings (SSSR count). The lowest BCUT2D eigenvalue weighted by atomic mass is 10.1. The summed E-state index contributed by atoms with van der Waals surface area (Å²) in [6.45, 7) is 2.38. The van der Waals surface area contributed by atoms with E-state index in [4.69, 9.17) is 9.84 Å². The monoisotopic (exact) mass is 361 g/mol. The predicted octanol–water partition coefficient (Wildman–Crippen LogP) is 2.01. The van der Waals surface area contributed by atoms with Crippen molar-refractivity contribution in [3.8, 4) is 0 Å². The number of urea groups is 1. The molecular weight excluding hydrogens is 338 g/mol. The molecule has 2 fully saturated rings. The molecule has 1 unspecified atom stereocenters. The molecule has 2 amide bonds. The minimum absolute atomic E-state index is 0.191. The van der Waals surface area contributed by atoms with Gasteiger partial charge in [0.25, 0.3) is 0 Å². The molecule has 0 aliphatic carbocycles. The molecule has 0 bridgehead atoms. The fourth-order valence-electron chi connectivity index (χ4n) is 3.46. The highest BCUT2D eigenvalue weighted by atomic mass is 16.5. The Kier molecular flexibility index (Phi) is 5.29. The zero-order valence-corrected chi connectivity index (χ0v) is 14.7. The summed E-state index contributed by atoms with van der Waals surface area (Å²) in [5.74, 6) is -1.88. The number of carboxylic acid groups (broad SMARTS) is 1. The van der Waals surface area contributed by atoms with Crippen molar-refractivity contribution in [2.45, 2.75) is 19.3 Å². The summed E-state index contributed by atoms with van der Waals surface area (Å²) in [6.07, 6.45) is 2.61. The first-order chi connectivity index (χ1) is 12.5. The molecule has 8 nitrogen and oxygen atoms in total. The highest BCUT2D eigenvalue weighted by Gasteiger charge is 2.31. The van der Waals surface area contributed by atoms with Crippen LogP contribution < -0.4 is 10.2 Å². The maximum atomic E-state index is 12.6. The van der Waals surface area contributed by atoms with Gasteiger partial charge in [-0.3, -0.25) is 4.79 Å². The average Bonchev–Trinajstić information content (AvgIpc) is 3.32. The Hall–Kier alpha value is -2.77. The van der Waals surface area contributed by atoms with E-state index < -0.39 is 17.9 Å². The molecule has 2 N–H and O–H groups in total. The van der Waals surface area contributed by atoms with E-state index in [1.54, 1.807) is 12.1 Å². The number of benzene rings is 1. The molecule has 0 saturated carbocycles. The zero-order chi connectivity index (χ0) is 18.7. The SMILES string of the molecule is COC(=O)c1ccc(N2CCCC2)c(NC(=O)N2CCC(C(=O)O)C2)c1. The Morgan fingerprint density at radius 1 is 1.19 bits per heavy atom. The third-order valence-electron chi connectivity index (χ3n) is 4.93. The molecular formula is C18H23N3O5. The van der Waals surface area contributed by atoms with Crippen LogP contribution in [-0.4, -0.2) is 61.3 Å². The van der Waals surface area contributed by atoms with Crippen molar-refractivity contribution in [3.63, 3.8) is 0 Å². The van der Waals surface area contributed by atoms with E-state index in [2.05, 4.69) is 10.2 Å². The molecule has 1 aromatic carbocycles. The average molecular weight is 361 g/mol. The van der Waals surface area contributed by atoms with E-state index in [1.165, 1.54) is 12.0 Å². The van der Waals surface area contributed by atoms with Crippen LogP contribution >= 0.6 is 0 Å². The highest BCUT2D eigenvalue weighted by molar-refractivity contribution is 5.97. The fourth-order valence-corrected chi connectivity index (χ4v) is 3.46. The second-order valence-corrected chi connectivity index (χ2v) is 6.62. The first kappa shape index (κ1) is 18.0. The molecule has 2 heterocycles. The van der Waals surface area contributed by atoms with Gasteiger partial charge in [0.15, 0.2) is 0 Å². The Labute approximate surface area is 151 Å². The molecule has 1 aromatic rings. The lowest BCUT2D eigenvalue weighted by molar-refractivity contribution is -0.141. The van der Waals surface area contributed by atoms with E-state index in [0.717, 1.165) is 31.6 Å². The van der Waals surface area contributed by atoms with Crippen LogP contribution in [0, 0.1) is 5.92 Å². The van der Waals surface area contributed by atoms with Gasteiger partial charge < -0.3 is 25.0 Å². The first-order valence-electron chi connectivity index (χ1n) is 8.75. The lowest BCUT2D eigenvalue weighted by Crippen LogP contribution is -2.34. The number of amides is 2. The van der Waals surface area contributed by atoms with Crippen molar-refractivity contribution < 1.29 is 24.2 Å². The van der Waals surface area contributed by atoms with E-state index >= 15 is 0 Å². The van der Waals surface area contributed by atoms with Crippen LogP contribution in [0.25, 0.3) is 0 Å². The van der Waals surface area contributed by atoms with Crippen LogP contribution in [0.3, 0.4) is 0 Å². The number of nitrogens with one attached hydrogen (secondary N) is 1. The number of aliphatic carboxylic acids is 1. The minimum Gasteiger partial charge on any atom is -0.481 e. The first-order valence-corrected chi connectivity index (χ1v) is 8.75. The Morgan fingerprint density at radius 2 is 1.92 bits per heavy atom. The van der Waals surface area contributed by atoms with Crippen molar-refractivity contribution >= 4 is 29.3 Å². The Morgan fingerprint density at radius 3 is 2.54 bits per heavy atom. The van der Waals surface area contributed by atoms with Crippen molar-refractivity contribution in [1.82, 2.24) is 4.90 Å². The van der Waals surface area contributed by atoms with E-state index in [-0.39, 0.29) is 12.6 Å². The van der Waals surface area contributed by atoms with Gasteiger partial charge >= 0.3 is 18.0 Å². The molecule has 26 heavy (non-hydrogen) atoms. The van der Waals surface area contributed by atoms with Gasteiger partial charge in [-0.15, -0.1) is 0 Å². The van der Waals surface area contributed by atoms with Crippen LogP contribution in [0.5, 0.6) is 0 Å². The maximum Gasteiger partial charge on any atom is 0.337 e. The molecule has 140 valence electrons. The molecule has 0 spiro atoms. The third-order valence-corrected chi connectivity index (χ3v) is 4.93. The summed E-state index contributed by atoms with van der Waals surface area (Å²) in [5, 5.41) is 12.0. The highest BCUT2D eigenvalue weighted by Crippen LogP contribution is 2.31. The number of carbonyl (C=O) groups excluding carboxylic acids is 2. The number of carboxylic acids is 1. The number of carbonyl (C=O) groups is 3. The van der Waals surface area contributed by atoms with Gasteiger partial charge in [0.2, 0.25) is 0 Å². The fraction of sp³-hybridized carbons (Fsp3) is 0.500. The van der Waals surface area contributed by atoms with Crippen molar-refractivity contribution in [2.24, 2.45) is 5.92 Å². The van der Waals surface area contributed by atoms with Gasteiger partial charge in [0.05, 0.1) is 30.0 Å². The molecule has 0 radical (unpaired) electrons. The largest absolute Gasteiger partial charge is 0.481 e. The standard InChI is InChI=1S/C18H23N3O5/c1-26-17(24)12-4-5-15(20-7-2-3-8-20)14(10-12)19-18(25)21-9-6-13(11-21)16(22)23/h4-5,10,13H,2-3,6-9,11H2,1H3,(H,19,25)(H,22,23). The van der Waals surface area contributed by atoms with Gasteiger partial charge in [-0.1, -0.05) is 0 Å². The van der Waals surface area contributed by atoms with E-state index in [0.29, 0.717) is 24.2 Å².